The largest absolute Gasteiger partial charge is 0.870 e. The quantitative estimate of drug-likeness (QED) is 0.467. The summed E-state index contributed by atoms with van der Waals surface area (Å²) in [6.45, 7) is 0. The molecule has 0 bridgehead atoms. The van der Waals surface area contributed by atoms with Crippen molar-refractivity contribution in [2.75, 3.05) is 0 Å². The molecule has 4 heteroatoms. The van der Waals surface area contributed by atoms with Crippen molar-refractivity contribution in [3.05, 3.63) is 0 Å². The van der Waals surface area contributed by atoms with Gasteiger partial charge in [-0.2, -0.15) is 0 Å². The summed E-state index contributed by atoms with van der Waals surface area (Å²) in [6, 6.07) is 0. The Hall–Kier alpha value is 1.67. The Morgan fingerprint density at radius 3 is 1.00 bits per heavy atom. The molecule has 0 aromatic carbocycles. The van der Waals surface area contributed by atoms with E-state index in [0.717, 1.165) is 0 Å². The Balaban J connectivity index is 0. The Morgan fingerprint density at radius 2 is 1.00 bits per heavy atom. The van der Waals surface area contributed by atoms with Crippen LogP contribution in [0, 0.1) is 0 Å². The van der Waals surface area contributed by atoms with E-state index in [4.69, 9.17) is 0 Å². The summed E-state index contributed by atoms with van der Waals surface area (Å²) < 4.78 is 0. The van der Waals surface area contributed by atoms with Crippen LogP contribution in [0.5, 0.6) is 0 Å². The topological polar surface area (TPSA) is 30.0 Å². The van der Waals surface area contributed by atoms with Crippen LogP contribution in [-0.4, -0.2) is 22.8 Å². The first-order chi connectivity index (χ1) is 0. The zero-order valence-corrected chi connectivity index (χ0v) is 6.36. The van der Waals surface area contributed by atoms with Crippen LogP contribution in [-0.2, 0) is 26.2 Å². The molecule has 1 N–H and O–H groups in total. The summed E-state index contributed by atoms with van der Waals surface area (Å²) in [5, 5.41) is 0. The fraction of sp³-hybridized carbons (Fsp3) is 0. The maximum absolute atomic E-state index is 0. The van der Waals surface area contributed by atoms with E-state index in [9.17, 15) is 0 Å². The molecule has 0 fully saturated rings. The number of hydrogen-bond acceptors (Lipinski definition) is 1. The van der Waals surface area contributed by atoms with E-state index in [1.807, 2.05) is 0 Å². The van der Waals surface area contributed by atoms with Crippen LogP contribution in [0.4, 0.5) is 0 Å². The zero-order valence-electron chi connectivity index (χ0n) is 1.93. The van der Waals surface area contributed by atoms with Gasteiger partial charge in [-0.05, 0) is 0 Å². The smallest absolute Gasteiger partial charge is 0 e. The molecule has 4 heavy (non-hydrogen) atoms. The average Bonchev–Trinajstić information content (AvgIpc) is 0. The summed E-state index contributed by atoms with van der Waals surface area (Å²) in [6.07, 6.45) is 0. The number of hydrogen-bond donors (Lipinski definition) is 0. The van der Waals surface area contributed by atoms with E-state index in [2.05, 4.69) is 0 Å². The maximum atomic E-state index is 0. The van der Waals surface area contributed by atoms with Crippen LogP contribution in [0.3, 0.4) is 0 Å². The Morgan fingerprint density at radius 1 is 1.00 bits per heavy atom. The van der Waals surface area contributed by atoms with Gasteiger partial charge < -0.3 is 5.48 Å². The third-order valence-corrected chi connectivity index (χ3v) is 0. The molecule has 0 rings (SSSR count). The van der Waals surface area contributed by atoms with Crippen LogP contribution in [0.25, 0.3) is 0 Å². The molecule has 0 amide bonds. The molecule has 0 aromatic heterocycles. The van der Waals surface area contributed by atoms with Gasteiger partial charge in [-0.25, -0.2) is 0 Å². The first kappa shape index (κ1) is 44.5. The van der Waals surface area contributed by atoms with Gasteiger partial charge in [0, 0.05) is 43.6 Å². The second-order valence-corrected chi connectivity index (χ2v) is 0. The molecule has 0 saturated heterocycles. The fourth-order valence-electron chi connectivity index (χ4n) is 0. The molecule has 0 aliphatic rings. The monoisotopic (exact) mass is 170 g/mol. The van der Waals surface area contributed by atoms with E-state index in [1.165, 1.54) is 0 Å². The van der Waals surface area contributed by atoms with Crippen molar-refractivity contribution in [2.45, 2.75) is 0 Å². The zero-order chi connectivity index (χ0) is 0. The third kappa shape index (κ3) is 9.39. The molecule has 0 spiro atoms. The predicted octanol–water partition coefficient (Wildman–Crippen LogP) is -0.138. The Labute approximate surface area is 61.1 Å². The Bertz CT molecular complexity index is 8.00. The summed E-state index contributed by atoms with van der Waals surface area (Å²) >= 11 is 0. The van der Waals surface area contributed by atoms with E-state index in [0.29, 0.717) is 0 Å². The molecule has 0 atom stereocenters. The van der Waals surface area contributed by atoms with E-state index < -0.39 is 0 Å². The van der Waals surface area contributed by atoms with Gasteiger partial charge in [0.15, 0.2) is 0 Å². The molecule has 1 nitrogen and oxygen atoms in total. The van der Waals surface area contributed by atoms with Crippen molar-refractivity contribution in [1.82, 2.24) is 0 Å². The first-order valence-corrected chi connectivity index (χ1v) is 0. The first-order valence-electron chi connectivity index (χ1n) is 0. The molecular formula is H2AlClOZr-. The van der Waals surface area contributed by atoms with Crippen LogP contribution >= 0.6 is 12.4 Å². The molecule has 0 saturated carbocycles. The summed E-state index contributed by atoms with van der Waals surface area (Å²) in [4.78, 5) is 0. The molecular weight excluding hydrogens is 170 g/mol. The summed E-state index contributed by atoms with van der Waals surface area (Å²) in [7, 11) is 0. The van der Waals surface area contributed by atoms with Gasteiger partial charge in [0.2, 0.25) is 0 Å². The summed E-state index contributed by atoms with van der Waals surface area (Å²) in [5.74, 6) is 0. The van der Waals surface area contributed by atoms with Gasteiger partial charge in [-0.1, -0.05) is 0 Å². The van der Waals surface area contributed by atoms with Crippen molar-refractivity contribution in [1.29, 1.82) is 0 Å². The molecule has 3 radical (unpaired) electrons. The minimum Gasteiger partial charge on any atom is -0.870 e. The number of halogens is 1. The van der Waals surface area contributed by atoms with Crippen molar-refractivity contribution in [3.63, 3.8) is 0 Å². The van der Waals surface area contributed by atoms with Crippen molar-refractivity contribution >= 4 is 29.8 Å². The predicted molar refractivity (Wildman–Crippen MR) is 14.9 cm³/mol. The fourth-order valence-corrected chi connectivity index (χ4v) is 0. The summed E-state index contributed by atoms with van der Waals surface area (Å²) in [5.41, 5.74) is 0. The van der Waals surface area contributed by atoms with Gasteiger partial charge in [0.25, 0.3) is 0 Å². The minimum atomic E-state index is 0. The van der Waals surface area contributed by atoms with Gasteiger partial charge in [0.1, 0.15) is 0 Å². The third-order valence-electron chi connectivity index (χ3n) is 0. The SMILES string of the molecule is Cl.[Al].[OH-].[Zr]. The van der Waals surface area contributed by atoms with Gasteiger partial charge in [0.05, 0.1) is 0 Å². The number of rotatable bonds is 0. The van der Waals surface area contributed by atoms with Gasteiger partial charge in [-0.3, -0.25) is 0 Å². The minimum absolute atomic E-state index is 0. The van der Waals surface area contributed by atoms with E-state index >= 15 is 0 Å². The maximum Gasteiger partial charge on any atom is 0 e. The van der Waals surface area contributed by atoms with Crippen molar-refractivity contribution in [2.24, 2.45) is 0 Å². The molecule has 0 aromatic rings. The molecule has 0 unspecified atom stereocenters. The van der Waals surface area contributed by atoms with E-state index in [-0.39, 0.29) is 61.4 Å². The molecule has 0 aliphatic carbocycles. The molecule has 23 valence electrons. The average molecular weight is 172 g/mol. The second-order valence-electron chi connectivity index (χ2n) is 0. The van der Waals surface area contributed by atoms with Crippen LogP contribution in [0.1, 0.15) is 0 Å². The van der Waals surface area contributed by atoms with Crippen LogP contribution in [0.15, 0.2) is 0 Å². The standard InChI is InChI=1S/Al.ClH.H2O.Zr/h;1H;1H2;/p-1. The van der Waals surface area contributed by atoms with Crippen molar-refractivity contribution < 1.29 is 31.7 Å². The molecule has 0 aliphatic heterocycles. The van der Waals surface area contributed by atoms with Crippen molar-refractivity contribution in [3.8, 4) is 0 Å². The normalized spacial score (nSPS) is 0. The Kier molecular flexibility index (Phi) is 251. The van der Waals surface area contributed by atoms with Crippen LogP contribution in [0.2, 0.25) is 0 Å². The van der Waals surface area contributed by atoms with E-state index in [1.54, 1.807) is 0 Å². The molecule has 0 heterocycles. The van der Waals surface area contributed by atoms with Gasteiger partial charge in [-0.15, -0.1) is 12.4 Å². The van der Waals surface area contributed by atoms with Gasteiger partial charge >= 0.3 is 0 Å². The second kappa shape index (κ2) is 22.6. The van der Waals surface area contributed by atoms with Crippen LogP contribution < -0.4 is 0 Å².